The van der Waals surface area contributed by atoms with Crippen molar-refractivity contribution in [3.63, 3.8) is 0 Å². The lowest BCUT2D eigenvalue weighted by molar-refractivity contribution is 0.0697. The first kappa shape index (κ1) is 20.8. The quantitative estimate of drug-likeness (QED) is 0.699. The van der Waals surface area contributed by atoms with Gasteiger partial charge in [-0.2, -0.15) is 0 Å². The van der Waals surface area contributed by atoms with E-state index in [4.69, 9.17) is 0 Å². The highest BCUT2D eigenvalue weighted by Gasteiger charge is 2.22. The summed E-state index contributed by atoms with van der Waals surface area (Å²) in [6, 6.07) is 10.8. The van der Waals surface area contributed by atoms with Crippen molar-refractivity contribution >= 4 is 23.3 Å². The van der Waals surface area contributed by atoms with E-state index in [0.717, 1.165) is 37.1 Å². The molecule has 8 heteroatoms. The Hall–Kier alpha value is -3.42. The molecule has 1 aliphatic heterocycles. The van der Waals surface area contributed by atoms with Gasteiger partial charge in [-0.05, 0) is 61.6 Å². The van der Waals surface area contributed by atoms with Crippen molar-refractivity contribution in [2.75, 3.05) is 25.5 Å². The van der Waals surface area contributed by atoms with Gasteiger partial charge in [0.15, 0.2) is 11.5 Å². The number of rotatable bonds is 4. The first-order valence-electron chi connectivity index (χ1n) is 10.6. The van der Waals surface area contributed by atoms with Crippen molar-refractivity contribution in [1.82, 2.24) is 24.4 Å². The summed E-state index contributed by atoms with van der Waals surface area (Å²) in [6.45, 7) is 6.06. The molecule has 3 aromatic rings. The Bertz CT molecular complexity index is 1100. The fraction of sp³-hybridized carbons (Fsp3) is 0.391. The first-order chi connectivity index (χ1) is 14.9. The van der Waals surface area contributed by atoms with Crippen LogP contribution in [0.4, 0.5) is 10.5 Å². The molecule has 0 spiro atoms. The number of likely N-dealkylation sites (tertiary alicyclic amines) is 1. The largest absolute Gasteiger partial charge is 0.339 e. The standard InChI is InChI=1S/C23H28N6O2/c1-16-9-12-28(13-10-16)22(30)18-7-8-19(17(2)14-18)24-23(31)27(3)15-21-26-25-20-6-4-5-11-29(20)21/h4-8,11,14,16H,9-10,12-13,15H2,1-3H3,(H,24,31). The van der Waals surface area contributed by atoms with Crippen LogP contribution < -0.4 is 5.32 Å². The third-order valence-electron chi connectivity index (χ3n) is 5.90. The van der Waals surface area contributed by atoms with E-state index in [-0.39, 0.29) is 11.9 Å². The molecule has 3 amide bonds. The number of urea groups is 1. The predicted molar refractivity (Wildman–Crippen MR) is 119 cm³/mol. The van der Waals surface area contributed by atoms with Gasteiger partial charge < -0.3 is 15.1 Å². The van der Waals surface area contributed by atoms with Gasteiger partial charge in [-0.3, -0.25) is 9.20 Å². The Morgan fingerprint density at radius 2 is 1.94 bits per heavy atom. The fourth-order valence-electron chi connectivity index (χ4n) is 3.82. The molecule has 2 aromatic heterocycles. The van der Waals surface area contributed by atoms with Gasteiger partial charge in [-0.1, -0.05) is 13.0 Å². The number of carbonyl (C=O) groups is 2. The van der Waals surface area contributed by atoms with E-state index in [9.17, 15) is 9.59 Å². The van der Waals surface area contributed by atoms with E-state index < -0.39 is 0 Å². The minimum atomic E-state index is -0.250. The zero-order valence-electron chi connectivity index (χ0n) is 18.2. The number of nitrogens with zero attached hydrogens (tertiary/aromatic N) is 5. The van der Waals surface area contributed by atoms with Crippen LogP contribution in [0.5, 0.6) is 0 Å². The van der Waals surface area contributed by atoms with Gasteiger partial charge in [0.2, 0.25) is 0 Å². The number of hydrogen-bond acceptors (Lipinski definition) is 4. The summed E-state index contributed by atoms with van der Waals surface area (Å²) >= 11 is 0. The molecule has 0 bridgehead atoms. The van der Waals surface area contributed by atoms with Gasteiger partial charge in [0, 0.05) is 37.6 Å². The Kier molecular flexibility index (Phi) is 5.88. The van der Waals surface area contributed by atoms with Gasteiger partial charge in [0.1, 0.15) is 0 Å². The fourth-order valence-corrected chi connectivity index (χ4v) is 3.82. The lowest BCUT2D eigenvalue weighted by Crippen LogP contribution is -2.38. The maximum absolute atomic E-state index is 12.8. The molecule has 162 valence electrons. The van der Waals surface area contributed by atoms with Gasteiger partial charge >= 0.3 is 6.03 Å². The summed E-state index contributed by atoms with van der Waals surface area (Å²) in [7, 11) is 1.71. The van der Waals surface area contributed by atoms with E-state index in [1.807, 2.05) is 46.7 Å². The van der Waals surface area contributed by atoms with Gasteiger partial charge in [0.25, 0.3) is 5.91 Å². The number of aromatic nitrogens is 3. The number of benzene rings is 1. The van der Waals surface area contributed by atoms with Crippen LogP contribution in [-0.4, -0.2) is 56.5 Å². The van der Waals surface area contributed by atoms with Crippen LogP contribution in [-0.2, 0) is 6.54 Å². The normalized spacial score (nSPS) is 14.6. The highest BCUT2D eigenvalue weighted by atomic mass is 16.2. The summed E-state index contributed by atoms with van der Waals surface area (Å²) in [5, 5.41) is 11.2. The SMILES string of the molecule is Cc1cc(C(=O)N2CCC(C)CC2)ccc1NC(=O)N(C)Cc1nnc2ccccn12. The number of piperidine rings is 1. The Labute approximate surface area is 181 Å². The molecule has 8 nitrogen and oxygen atoms in total. The highest BCUT2D eigenvalue weighted by molar-refractivity contribution is 5.96. The molecular formula is C23H28N6O2. The Balaban J connectivity index is 1.40. The van der Waals surface area contributed by atoms with E-state index in [1.165, 1.54) is 0 Å². The number of pyridine rings is 1. The predicted octanol–water partition coefficient (Wildman–Crippen LogP) is 3.57. The second kappa shape index (κ2) is 8.75. The number of carbonyl (C=O) groups excluding carboxylic acids is 2. The van der Waals surface area contributed by atoms with Crippen molar-refractivity contribution in [1.29, 1.82) is 0 Å². The molecule has 4 rings (SSSR count). The monoisotopic (exact) mass is 420 g/mol. The molecule has 0 aliphatic carbocycles. The average molecular weight is 421 g/mol. The van der Waals surface area contributed by atoms with Gasteiger partial charge in [-0.15, -0.1) is 10.2 Å². The number of hydrogen-bond donors (Lipinski definition) is 1. The molecule has 1 fully saturated rings. The van der Waals surface area contributed by atoms with Crippen molar-refractivity contribution in [3.8, 4) is 0 Å². The smallest absolute Gasteiger partial charge is 0.322 e. The van der Waals surface area contributed by atoms with Gasteiger partial charge in [-0.25, -0.2) is 4.79 Å². The van der Waals surface area contributed by atoms with Crippen LogP contribution in [0, 0.1) is 12.8 Å². The highest BCUT2D eigenvalue weighted by Crippen LogP contribution is 2.22. The molecule has 0 unspecified atom stereocenters. The van der Waals surface area contributed by atoms with Crippen LogP contribution in [0.15, 0.2) is 42.6 Å². The third kappa shape index (κ3) is 4.52. The van der Waals surface area contributed by atoms with E-state index in [0.29, 0.717) is 29.5 Å². The number of amides is 3. The molecule has 1 N–H and O–H groups in total. The van der Waals surface area contributed by atoms with E-state index in [1.54, 1.807) is 24.1 Å². The van der Waals surface area contributed by atoms with Crippen LogP contribution in [0.3, 0.4) is 0 Å². The molecule has 0 atom stereocenters. The lowest BCUT2D eigenvalue weighted by atomic mass is 9.98. The zero-order valence-corrected chi connectivity index (χ0v) is 18.2. The maximum atomic E-state index is 12.8. The van der Waals surface area contributed by atoms with Gasteiger partial charge in [0.05, 0.1) is 6.54 Å². The van der Waals surface area contributed by atoms with Crippen LogP contribution >= 0.6 is 0 Å². The molecular weight excluding hydrogens is 392 g/mol. The first-order valence-corrected chi connectivity index (χ1v) is 10.6. The van der Waals surface area contributed by atoms with Crippen molar-refractivity contribution in [2.45, 2.75) is 33.2 Å². The van der Waals surface area contributed by atoms with E-state index in [2.05, 4.69) is 22.4 Å². The van der Waals surface area contributed by atoms with Crippen LogP contribution in [0.2, 0.25) is 0 Å². The summed E-state index contributed by atoms with van der Waals surface area (Å²) in [6.07, 6.45) is 3.97. The number of nitrogens with one attached hydrogen (secondary N) is 1. The van der Waals surface area contributed by atoms with Crippen LogP contribution in [0.1, 0.15) is 41.5 Å². The van der Waals surface area contributed by atoms with Crippen molar-refractivity contribution < 1.29 is 9.59 Å². The molecule has 0 radical (unpaired) electrons. The van der Waals surface area contributed by atoms with E-state index >= 15 is 0 Å². The number of fused-ring (bicyclic) bond motifs is 1. The zero-order chi connectivity index (χ0) is 22.0. The lowest BCUT2D eigenvalue weighted by Gasteiger charge is -2.30. The Morgan fingerprint density at radius 1 is 1.16 bits per heavy atom. The molecule has 1 aromatic carbocycles. The molecule has 3 heterocycles. The maximum Gasteiger partial charge on any atom is 0.322 e. The minimum absolute atomic E-state index is 0.0590. The van der Waals surface area contributed by atoms with Crippen molar-refractivity contribution in [2.24, 2.45) is 5.92 Å². The minimum Gasteiger partial charge on any atom is -0.339 e. The second-order valence-corrected chi connectivity index (χ2v) is 8.34. The Morgan fingerprint density at radius 3 is 2.68 bits per heavy atom. The third-order valence-corrected chi connectivity index (χ3v) is 5.90. The summed E-state index contributed by atoms with van der Waals surface area (Å²) in [5.74, 6) is 1.42. The second-order valence-electron chi connectivity index (χ2n) is 8.34. The molecule has 31 heavy (non-hydrogen) atoms. The average Bonchev–Trinajstić information content (AvgIpc) is 3.18. The summed E-state index contributed by atoms with van der Waals surface area (Å²) < 4.78 is 1.86. The molecule has 0 saturated carbocycles. The molecule has 1 saturated heterocycles. The summed E-state index contributed by atoms with van der Waals surface area (Å²) in [4.78, 5) is 29.0. The topological polar surface area (TPSA) is 82.8 Å². The number of anilines is 1. The number of aryl methyl sites for hydroxylation is 1. The summed E-state index contributed by atoms with van der Waals surface area (Å²) in [5.41, 5.74) is 2.94. The van der Waals surface area contributed by atoms with Crippen LogP contribution in [0.25, 0.3) is 5.65 Å². The molecule has 1 aliphatic rings. The van der Waals surface area contributed by atoms with Crippen molar-refractivity contribution in [3.05, 3.63) is 59.5 Å².